The summed E-state index contributed by atoms with van der Waals surface area (Å²) >= 11 is 1.92. The molecule has 0 amide bonds. The molecule has 2 heteroatoms. The van der Waals surface area contributed by atoms with Crippen molar-refractivity contribution in [2.75, 3.05) is 4.90 Å². The molecule has 0 saturated heterocycles. The van der Waals surface area contributed by atoms with Crippen LogP contribution in [0.4, 0.5) is 17.1 Å². The van der Waals surface area contributed by atoms with Crippen LogP contribution in [0.15, 0.2) is 218 Å². The highest BCUT2D eigenvalue weighted by atomic mass is 32.1. The summed E-state index contributed by atoms with van der Waals surface area (Å²) in [4.78, 5) is 2.45. The zero-order chi connectivity index (χ0) is 38.6. The van der Waals surface area contributed by atoms with Crippen LogP contribution in [0.3, 0.4) is 0 Å². The molecule has 0 aliphatic heterocycles. The number of thiophene rings is 1. The molecule has 0 N–H and O–H groups in total. The van der Waals surface area contributed by atoms with Gasteiger partial charge in [-0.2, -0.15) is 0 Å². The van der Waals surface area contributed by atoms with E-state index in [0.29, 0.717) is 0 Å². The van der Waals surface area contributed by atoms with Crippen LogP contribution in [0.1, 0.15) is 23.6 Å². The van der Waals surface area contributed by atoms with Crippen LogP contribution in [0.5, 0.6) is 0 Å². The molecule has 1 aromatic heterocycles. The minimum absolute atomic E-state index is 0.360. The van der Waals surface area contributed by atoms with E-state index in [-0.39, 0.29) is 5.41 Å². The maximum atomic E-state index is 2.48. The fraction of sp³-hybridized carbons (Fsp3) is 0.0357. The van der Waals surface area contributed by atoms with Gasteiger partial charge in [0.25, 0.3) is 0 Å². The summed E-state index contributed by atoms with van der Waals surface area (Å²) in [7, 11) is 0. The molecule has 11 rings (SSSR count). The Hall–Kier alpha value is -7.00. The van der Waals surface area contributed by atoms with E-state index < -0.39 is 0 Å². The highest BCUT2D eigenvalue weighted by Crippen LogP contribution is 2.56. The summed E-state index contributed by atoms with van der Waals surface area (Å²) in [6, 6.07) is 80.1. The van der Waals surface area contributed by atoms with E-state index in [0.717, 1.165) is 17.1 Å². The topological polar surface area (TPSA) is 3.24 Å². The average Bonchev–Trinajstić information content (AvgIpc) is 3.80. The van der Waals surface area contributed by atoms with Crippen LogP contribution in [0.2, 0.25) is 0 Å². The molecule has 58 heavy (non-hydrogen) atoms. The number of anilines is 3. The van der Waals surface area contributed by atoms with Gasteiger partial charge in [-0.15, -0.1) is 11.3 Å². The summed E-state index contributed by atoms with van der Waals surface area (Å²) in [5.74, 6) is 0. The van der Waals surface area contributed by atoms with E-state index in [4.69, 9.17) is 0 Å². The Kier molecular flexibility index (Phi) is 8.20. The third-order valence-electron chi connectivity index (χ3n) is 12.2. The second kappa shape index (κ2) is 13.9. The van der Waals surface area contributed by atoms with Gasteiger partial charge in [0, 0.05) is 42.6 Å². The molecule has 0 saturated carbocycles. The standard InChI is InChI=1S/C56H39NS/c1-56(51-21-11-8-18-47(51)48-19-9-12-22-52(48)56)53-37-46(36-50-49-20-10-13-23-54(49)58-55(50)53)57(44-32-28-42(29-33-44)39-16-6-3-7-17-39)45-34-30-43(31-35-45)41-26-24-40(25-27-41)38-14-4-2-5-15-38/h2-37H,1H3. The molecule has 0 spiro atoms. The molecule has 0 bridgehead atoms. The number of hydrogen-bond acceptors (Lipinski definition) is 2. The van der Waals surface area contributed by atoms with Gasteiger partial charge in [-0.3, -0.25) is 0 Å². The largest absolute Gasteiger partial charge is 0.310 e. The number of rotatable bonds is 7. The fourth-order valence-electron chi connectivity index (χ4n) is 9.22. The number of nitrogens with zero attached hydrogens (tertiary/aromatic N) is 1. The third-order valence-corrected chi connectivity index (χ3v) is 13.4. The Morgan fingerprint density at radius 3 is 1.28 bits per heavy atom. The van der Waals surface area contributed by atoms with Crippen molar-refractivity contribution in [2.45, 2.75) is 12.3 Å². The van der Waals surface area contributed by atoms with Crippen molar-refractivity contribution < 1.29 is 0 Å². The van der Waals surface area contributed by atoms with Crippen LogP contribution >= 0.6 is 11.3 Å². The van der Waals surface area contributed by atoms with E-state index in [1.165, 1.54) is 81.4 Å². The predicted octanol–water partition coefficient (Wildman–Crippen LogP) is 15.9. The number of fused-ring (bicyclic) bond motifs is 6. The first-order valence-corrected chi connectivity index (χ1v) is 20.8. The van der Waals surface area contributed by atoms with Gasteiger partial charge in [0.05, 0.1) is 0 Å². The van der Waals surface area contributed by atoms with Gasteiger partial charge in [-0.1, -0.05) is 176 Å². The zero-order valence-corrected chi connectivity index (χ0v) is 33.0. The Morgan fingerprint density at radius 1 is 0.345 bits per heavy atom. The van der Waals surface area contributed by atoms with Gasteiger partial charge in [-0.05, 0) is 111 Å². The molecule has 10 aromatic rings. The Balaban J connectivity index is 1.10. The van der Waals surface area contributed by atoms with Gasteiger partial charge in [0.15, 0.2) is 0 Å². The monoisotopic (exact) mass is 757 g/mol. The molecular formula is C56H39NS. The van der Waals surface area contributed by atoms with Crippen molar-refractivity contribution in [2.24, 2.45) is 0 Å². The Morgan fingerprint density at radius 2 is 0.759 bits per heavy atom. The fourth-order valence-corrected chi connectivity index (χ4v) is 10.5. The molecule has 274 valence electrons. The van der Waals surface area contributed by atoms with Crippen molar-refractivity contribution in [1.29, 1.82) is 0 Å². The SMILES string of the molecule is CC1(c2cc(N(c3ccc(-c4ccccc4)cc3)c3ccc(-c4ccc(-c5ccccc5)cc4)cc3)cc3c2sc2ccccc23)c2ccccc2-c2ccccc21. The van der Waals surface area contributed by atoms with Crippen molar-refractivity contribution >= 4 is 48.6 Å². The summed E-state index contributed by atoms with van der Waals surface area (Å²) in [5.41, 5.74) is 16.9. The number of hydrogen-bond donors (Lipinski definition) is 0. The van der Waals surface area contributed by atoms with Gasteiger partial charge in [-0.25, -0.2) is 0 Å². The van der Waals surface area contributed by atoms with E-state index in [2.05, 4.69) is 230 Å². The van der Waals surface area contributed by atoms with Crippen LogP contribution < -0.4 is 4.90 Å². The van der Waals surface area contributed by atoms with E-state index in [1.54, 1.807) is 0 Å². The number of benzene rings is 9. The zero-order valence-electron chi connectivity index (χ0n) is 32.1. The summed E-state index contributed by atoms with van der Waals surface area (Å²) < 4.78 is 2.65. The average molecular weight is 758 g/mol. The molecule has 1 aliphatic rings. The van der Waals surface area contributed by atoms with E-state index in [1.807, 2.05) is 11.3 Å². The minimum atomic E-state index is -0.360. The first-order valence-electron chi connectivity index (χ1n) is 20.0. The third kappa shape index (κ3) is 5.60. The predicted molar refractivity (Wildman–Crippen MR) is 248 cm³/mol. The molecule has 1 aliphatic carbocycles. The molecule has 1 heterocycles. The van der Waals surface area contributed by atoms with Crippen LogP contribution in [0, 0.1) is 0 Å². The lowest BCUT2D eigenvalue weighted by atomic mass is 9.73. The van der Waals surface area contributed by atoms with Gasteiger partial charge < -0.3 is 4.90 Å². The maximum absolute atomic E-state index is 2.48. The van der Waals surface area contributed by atoms with Crippen molar-refractivity contribution in [3.63, 3.8) is 0 Å². The van der Waals surface area contributed by atoms with Gasteiger partial charge in [0.2, 0.25) is 0 Å². The van der Waals surface area contributed by atoms with Crippen molar-refractivity contribution in [3.8, 4) is 44.5 Å². The summed E-state index contributed by atoms with van der Waals surface area (Å²) in [6.45, 7) is 2.44. The summed E-state index contributed by atoms with van der Waals surface area (Å²) in [6.07, 6.45) is 0. The highest BCUT2D eigenvalue weighted by molar-refractivity contribution is 7.26. The first-order chi connectivity index (χ1) is 28.6. The van der Waals surface area contributed by atoms with Crippen LogP contribution in [-0.2, 0) is 5.41 Å². The lowest BCUT2D eigenvalue weighted by Gasteiger charge is -2.32. The highest BCUT2D eigenvalue weighted by Gasteiger charge is 2.42. The molecular weight excluding hydrogens is 719 g/mol. The molecule has 0 unspecified atom stereocenters. The van der Waals surface area contributed by atoms with Crippen LogP contribution in [0.25, 0.3) is 64.7 Å². The maximum Gasteiger partial charge on any atom is 0.0472 e. The minimum Gasteiger partial charge on any atom is -0.310 e. The molecule has 0 fully saturated rings. The lowest BCUT2D eigenvalue weighted by molar-refractivity contribution is 0.722. The van der Waals surface area contributed by atoms with Crippen LogP contribution in [-0.4, -0.2) is 0 Å². The normalized spacial score (nSPS) is 12.7. The molecule has 0 atom stereocenters. The smallest absolute Gasteiger partial charge is 0.0472 e. The van der Waals surface area contributed by atoms with Gasteiger partial charge >= 0.3 is 0 Å². The summed E-state index contributed by atoms with van der Waals surface area (Å²) in [5, 5.41) is 2.58. The molecule has 0 radical (unpaired) electrons. The molecule has 1 nitrogen and oxygen atoms in total. The Labute approximate surface area is 343 Å². The quantitative estimate of drug-likeness (QED) is 0.156. The Bertz CT molecular complexity index is 3040. The van der Waals surface area contributed by atoms with Gasteiger partial charge in [0.1, 0.15) is 0 Å². The van der Waals surface area contributed by atoms with E-state index in [9.17, 15) is 0 Å². The second-order valence-electron chi connectivity index (χ2n) is 15.4. The second-order valence-corrected chi connectivity index (χ2v) is 16.5. The van der Waals surface area contributed by atoms with Crippen molar-refractivity contribution in [1.82, 2.24) is 0 Å². The van der Waals surface area contributed by atoms with E-state index >= 15 is 0 Å². The lowest BCUT2D eigenvalue weighted by Crippen LogP contribution is -2.23. The van der Waals surface area contributed by atoms with Crippen molar-refractivity contribution in [3.05, 3.63) is 235 Å². The first kappa shape index (κ1) is 34.3. The molecule has 9 aromatic carbocycles.